The molecule has 112 valence electrons. The molecule has 0 fully saturated rings. The Morgan fingerprint density at radius 3 is 2.77 bits per heavy atom. The minimum atomic E-state index is -0.0707. The predicted octanol–water partition coefficient (Wildman–Crippen LogP) is 2.88. The molecule has 0 radical (unpaired) electrons. The van der Waals surface area contributed by atoms with Crippen molar-refractivity contribution < 1.29 is 14.3 Å². The van der Waals surface area contributed by atoms with Crippen molar-refractivity contribution >= 4 is 5.91 Å². The van der Waals surface area contributed by atoms with Crippen LogP contribution in [0, 0.1) is 0 Å². The Kier molecular flexibility index (Phi) is 3.22. The summed E-state index contributed by atoms with van der Waals surface area (Å²) < 4.78 is 11.0. The number of benzene rings is 2. The zero-order valence-corrected chi connectivity index (χ0v) is 12.2. The van der Waals surface area contributed by atoms with Gasteiger partial charge in [0.25, 0.3) is 5.91 Å². The van der Waals surface area contributed by atoms with Gasteiger partial charge < -0.3 is 14.8 Å². The number of aryl methyl sites for hydroxylation is 1. The second kappa shape index (κ2) is 5.37. The molecular weight excluding hydrogens is 278 g/mol. The molecule has 0 unspecified atom stereocenters. The van der Waals surface area contributed by atoms with Gasteiger partial charge in [-0.2, -0.15) is 0 Å². The molecule has 1 atom stereocenters. The molecule has 1 amide bonds. The number of rotatable bonds is 2. The van der Waals surface area contributed by atoms with Crippen LogP contribution in [0.5, 0.6) is 11.5 Å². The topological polar surface area (TPSA) is 47.6 Å². The SMILES string of the molecule is O=C(N[C@H]1CCc2ccccc21)c1ccc2c(c1)OCCO2. The molecule has 4 heteroatoms. The molecule has 1 aliphatic heterocycles. The second-order valence-electron chi connectivity index (χ2n) is 5.62. The zero-order chi connectivity index (χ0) is 14.9. The monoisotopic (exact) mass is 295 g/mol. The molecule has 0 saturated heterocycles. The van der Waals surface area contributed by atoms with Crippen LogP contribution in [-0.2, 0) is 6.42 Å². The van der Waals surface area contributed by atoms with E-state index in [2.05, 4.69) is 17.4 Å². The van der Waals surface area contributed by atoms with Crippen LogP contribution in [0.2, 0.25) is 0 Å². The molecule has 2 aromatic carbocycles. The van der Waals surface area contributed by atoms with Crippen LogP contribution in [0.1, 0.15) is 33.9 Å². The number of ether oxygens (including phenoxy) is 2. The van der Waals surface area contributed by atoms with Crippen LogP contribution >= 0.6 is 0 Å². The fourth-order valence-corrected chi connectivity index (χ4v) is 3.13. The van der Waals surface area contributed by atoms with Gasteiger partial charge in [-0.05, 0) is 42.2 Å². The van der Waals surface area contributed by atoms with Crippen LogP contribution < -0.4 is 14.8 Å². The third-order valence-corrected chi connectivity index (χ3v) is 4.24. The lowest BCUT2D eigenvalue weighted by atomic mass is 10.1. The molecule has 22 heavy (non-hydrogen) atoms. The minimum Gasteiger partial charge on any atom is -0.486 e. The summed E-state index contributed by atoms with van der Waals surface area (Å²) in [4.78, 5) is 12.5. The van der Waals surface area contributed by atoms with Crippen molar-refractivity contribution in [1.82, 2.24) is 5.32 Å². The molecule has 4 nitrogen and oxygen atoms in total. The van der Waals surface area contributed by atoms with Gasteiger partial charge in [-0.25, -0.2) is 0 Å². The summed E-state index contributed by atoms with van der Waals surface area (Å²) in [6.07, 6.45) is 1.97. The number of fused-ring (bicyclic) bond motifs is 2. The molecule has 0 saturated carbocycles. The summed E-state index contributed by atoms with van der Waals surface area (Å²) in [5.74, 6) is 1.28. The van der Waals surface area contributed by atoms with Crippen molar-refractivity contribution in [1.29, 1.82) is 0 Å². The zero-order valence-electron chi connectivity index (χ0n) is 12.2. The maximum atomic E-state index is 12.5. The van der Waals surface area contributed by atoms with E-state index in [9.17, 15) is 4.79 Å². The smallest absolute Gasteiger partial charge is 0.251 e. The van der Waals surface area contributed by atoms with E-state index in [1.54, 1.807) is 18.2 Å². The third-order valence-electron chi connectivity index (χ3n) is 4.24. The summed E-state index contributed by atoms with van der Waals surface area (Å²) in [6, 6.07) is 13.7. The highest BCUT2D eigenvalue weighted by atomic mass is 16.6. The highest BCUT2D eigenvalue weighted by Gasteiger charge is 2.24. The summed E-state index contributed by atoms with van der Waals surface area (Å²) in [7, 11) is 0. The van der Waals surface area contributed by atoms with Crippen LogP contribution in [-0.4, -0.2) is 19.1 Å². The first-order chi connectivity index (χ1) is 10.8. The van der Waals surface area contributed by atoms with Crippen LogP contribution in [0.4, 0.5) is 0 Å². The van der Waals surface area contributed by atoms with Crippen molar-refractivity contribution in [2.24, 2.45) is 0 Å². The molecule has 1 aliphatic carbocycles. The van der Waals surface area contributed by atoms with Crippen molar-refractivity contribution in [2.45, 2.75) is 18.9 Å². The Morgan fingerprint density at radius 2 is 1.86 bits per heavy atom. The molecule has 0 aromatic heterocycles. The van der Waals surface area contributed by atoms with Gasteiger partial charge in [0.05, 0.1) is 6.04 Å². The Balaban J connectivity index is 1.53. The summed E-state index contributed by atoms with van der Waals surface area (Å²) >= 11 is 0. The van der Waals surface area contributed by atoms with E-state index in [1.807, 2.05) is 12.1 Å². The number of hydrogen-bond donors (Lipinski definition) is 1. The first-order valence-electron chi connectivity index (χ1n) is 7.59. The van der Waals surface area contributed by atoms with Crippen LogP contribution in [0.15, 0.2) is 42.5 Å². The van der Waals surface area contributed by atoms with Crippen molar-refractivity contribution in [3.05, 3.63) is 59.2 Å². The summed E-state index contributed by atoms with van der Waals surface area (Å²) in [6.45, 7) is 1.07. The Morgan fingerprint density at radius 1 is 1.05 bits per heavy atom. The highest BCUT2D eigenvalue weighted by molar-refractivity contribution is 5.95. The van der Waals surface area contributed by atoms with E-state index in [1.165, 1.54) is 11.1 Å². The summed E-state index contributed by atoms with van der Waals surface area (Å²) in [5.41, 5.74) is 3.16. The lowest BCUT2D eigenvalue weighted by Gasteiger charge is -2.19. The van der Waals surface area contributed by atoms with Gasteiger partial charge in [0, 0.05) is 5.56 Å². The maximum absolute atomic E-state index is 12.5. The molecule has 1 heterocycles. The molecule has 1 N–H and O–H groups in total. The fourth-order valence-electron chi connectivity index (χ4n) is 3.13. The number of nitrogens with one attached hydrogen (secondary N) is 1. The van der Waals surface area contributed by atoms with Gasteiger partial charge in [0.15, 0.2) is 11.5 Å². The molecule has 2 aromatic rings. The highest BCUT2D eigenvalue weighted by Crippen LogP contribution is 2.33. The minimum absolute atomic E-state index is 0.0707. The molecular formula is C18H17NO3. The Labute approximate surface area is 129 Å². The van der Waals surface area contributed by atoms with Gasteiger partial charge in [-0.3, -0.25) is 4.79 Å². The quantitative estimate of drug-likeness (QED) is 0.926. The van der Waals surface area contributed by atoms with Crippen LogP contribution in [0.25, 0.3) is 0 Å². The first kappa shape index (κ1) is 13.2. The molecule has 2 aliphatic rings. The second-order valence-corrected chi connectivity index (χ2v) is 5.62. The average Bonchev–Trinajstić information content (AvgIpc) is 2.97. The Bertz CT molecular complexity index is 726. The van der Waals surface area contributed by atoms with E-state index >= 15 is 0 Å². The number of amides is 1. The van der Waals surface area contributed by atoms with Gasteiger partial charge >= 0.3 is 0 Å². The normalized spacial score (nSPS) is 18.6. The lowest BCUT2D eigenvalue weighted by molar-refractivity contribution is 0.0935. The van der Waals surface area contributed by atoms with Crippen molar-refractivity contribution in [2.75, 3.05) is 13.2 Å². The van der Waals surface area contributed by atoms with Crippen LogP contribution in [0.3, 0.4) is 0 Å². The number of hydrogen-bond acceptors (Lipinski definition) is 3. The molecule has 0 spiro atoms. The fraction of sp³-hybridized carbons (Fsp3) is 0.278. The largest absolute Gasteiger partial charge is 0.486 e. The van der Waals surface area contributed by atoms with Crippen molar-refractivity contribution in [3.63, 3.8) is 0 Å². The standard InChI is InChI=1S/C18H17NO3/c20-18(13-6-8-16-17(11-13)22-10-9-21-16)19-15-7-5-12-3-1-2-4-14(12)15/h1-4,6,8,11,15H,5,7,9-10H2,(H,19,20)/t15-/m0/s1. The van der Waals surface area contributed by atoms with Gasteiger partial charge in [0.1, 0.15) is 13.2 Å². The molecule has 4 rings (SSSR count). The van der Waals surface area contributed by atoms with E-state index in [0.29, 0.717) is 30.3 Å². The van der Waals surface area contributed by atoms with Gasteiger partial charge in [0.2, 0.25) is 0 Å². The van der Waals surface area contributed by atoms with E-state index in [-0.39, 0.29) is 11.9 Å². The Hall–Kier alpha value is -2.49. The van der Waals surface area contributed by atoms with Gasteiger partial charge in [-0.1, -0.05) is 24.3 Å². The van der Waals surface area contributed by atoms with E-state index in [0.717, 1.165) is 12.8 Å². The number of carbonyl (C=O) groups excluding carboxylic acids is 1. The third kappa shape index (κ3) is 2.30. The van der Waals surface area contributed by atoms with Crippen molar-refractivity contribution in [3.8, 4) is 11.5 Å². The number of carbonyl (C=O) groups is 1. The first-order valence-corrected chi connectivity index (χ1v) is 7.59. The summed E-state index contributed by atoms with van der Waals surface area (Å²) in [5, 5.41) is 3.12. The predicted molar refractivity (Wildman–Crippen MR) is 82.4 cm³/mol. The van der Waals surface area contributed by atoms with E-state index < -0.39 is 0 Å². The van der Waals surface area contributed by atoms with Gasteiger partial charge in [-0.15, -0.1) is 0 Å². The average molecular weight is 295 g/mol. The maximum Gasteiger partial charge on any atom is 0.251 e. The lowest BCUT2D eigenvalue weighted by Crippen LogP contribution is -2.27. The molecule has 0 bridgehead atoms. The van der Waals surface area contributed by atoms with E-state index in [4.69, 9.17) is 9.47 Å².